The van der Waals surface area contributed by atoms with E-state index >= 15 is 0 Å². The minimum atomic E-state index is 0. The predicted molar refractivity (Wildman–Crippen MR) is 235 cm³/mol. The molecular formula is C51H54Cl4Zr-2. The summed E-state index contributed by atoms with van der Waals surface area (Å²) in [6.07, 6.45) is 12.4. The molecule has 0 fully saturated rings. The number of allylic oxidation sites excluding steroid dienone is 8. The zero-order valence-electron chi connectivity index (χ0n) is 34.9. The molecule has 0 saturated carbocycles. The van der Waals surface area contributed by atoms with E-state index < -0.39 is 0 Å². The van der Waals surface area contributed by atoms with Crippen LogP contribution in [0.4, 0.5) is 0 Å². The Morgan fingerprint density at radius 3 is 1.39 bits per heavy atom. The van der Waals surface area contributed by atoms with Gasteiger partial charge in [-0.2, -0.15) is 6.08 Å². The molecular weight excluding hydrogens is 846 g/mol. The van der Waals surface area contributed by atoms with Crippen molar-refractivity contribution in [2.75, 3.05) is 0 Å². The maximum atomic E-state index is 5.98. The SMILES string of the molecule is CC(C)(C)C1=CC(C)(C)c2cc3[cH-]c4cc5c(cc4c3cc21)C(C(C)(C)C)=CC5(C)C.CC1=CC(C)[C-]=C1.Clc1cccc([C](=[Zr+2])c2cccc(Cl)c2)c1.[Cl-].[Cl-]. The van der Waals surface area contributed by atoms with Crippen LogP contribution in [-0.4, -0.2) is 3.21 Å². The third kappa shape index (κ3) is 9.73. The molecule has 292 valence electrons. The fourth-order valence-electron chi connectivity index (χ4n) is 8.10. The molecule has 0 aromatic heterocycles. The quantitative estimate of drug-likeness (QED) is 0.155. The first kappa shape index (κ1) is 46.3. The summed E-state index contributed by atoms with van der Waals surface area (Å²) < 4.78 is 1.26. The number of fused-ring (bicyclic) bond motifs is 5. The summed E-state index contributed by atoms with van der Waals surface area (Å²) in [5, 5.41) is 7.10. The van der Waals surface area contributed by atoms with E-state index in [4.69, 9.17) is 23.2 Å². The molecule has 8 rings (SSSR count). The number of hydrogen-bond acceptors (Lipinski definition) is 0. The maximum absolute atomic E-state index is 5.98. The monoisotopic (exact) mass is 896 g/mol. The van der Waals surface area contributed by atoms with Crippen molar-refractivity contribution >= 4 is 59.1 Å². The largest absolute Gasteiger partial charge is 1.00 e. The number of hydrogen-bond donors (Lipinski definition) is 0. The van der Waals surface area contributed by atoms with Crippen molar-refractivity contribution in [2.45, 2.75) is 93.9 Å². The van der Waals surface area contributed by atoms with Crippen LogP contribution in [0.15, 0.2) is 109 Å². The van der Waals surface area contributed by atoms with Crippen LogP contribution in [0.1, 0.15) is 116 Å². The Kier molecular flexibility index (Phi) is 14.1. The van der Waals surface area contributed by atoms with Crippen LogP contribution in [-0.2, 0) is 35.1 Å². The molecule has 0 heterocycles. The Balaban J connectivity index is 0.000000232. The minimum absolute atomic E-state index is 0. The standard InChI is InChI=1S/C31H37.C13H8Cl2.C7H9.2ClH.Zr/c1-28(2,3)26-16-30(7,8)24-12-18-11-19-13-25-23(15-21(19)20(18)14-22(24)26)27(29(4,5)6)17-31(25,9)10;14-12-5-1-3-10(8-12)7-11-4-2-6-13(15)9-11;1-6-3-4-7(2)5-6;;;/h11-17H,1-10H3;1-6,8-9H;3,5,7H,1-2H3;2*1H;/q-1;;-1;;;+2/p-2. The van der Waals surface area contributed by atoms with Crippen molar-refractivity contribution in [3.8, 4) is 0 Å². The molecule has 3 aliphatic rings. The first-order chi connectivity index (χ1) is 25.0. The molecule has 0 bridgehead atoms. The van der Waals surface area contributed by atoms with E-state index in [1.807, 2.05) is 42.5 Å². The molecule has 0 nitrogen and oxygen atoms in total. The van der Waals surface area contributed by atoms with Crippen LogP contribution in [0.25, 0.3) is 32.7 Å². The fraction of sp³-hybridized carbons (Fsp3) is 0.333. The normalized spacial score (nSPS) is 17.3. The van der Waals surface area contributed by atoms with Crippen LogP contribution in [0.3, 0.4) is 0 Å². The van der Waals surface area contributed by atoms with Crippen LogP contribution in [0.2, 0.25) is 10.0 Å². The third-order valence-corrected chi connectivity index (χ3v) is 12.8. The Morgan fingerprint density at radius 1 is 0.679 bits per heavy atom. The first-order valence-electron chi connectivity index (χ1n) is 19.1. The Hall–Kier alpha value is -2.38. The average Bonchev–Trinajstić information content (AvgIpc) is 3.79. The summed E-state index contributed by atoms with van der Waals surface area (Å²) in [6.45, 7) is 27.7. The topological polar surface area (TPSA) is 0 Å². The van der Waals surface area contributed by atoms with E-state index in [2.05, 4.69) is 150 Å². The van der Waals surface area contributed by atoms with E-state index in [0.29, 0.717) is 5.92 Å². The van der Waals surface area contributed by atoms with E-state index in [9.17, 15) is 0 Å². The van der Waals surface area contributed by atoms with E-state index in [0.717, 1.165) is 21.2 Å². The van der Waals surface area contributed by atoms with E-state index in [-0.39, 0.29) is 46.5 Å². The van der Waals surface area contributed by atoms with Gasteiger partial charge in [-0.25, -0.2) is 11.6 Å². The van der Waals surface area contributed by atoms with Gasteiger partial charge >= 0.3 is 120 Å². The van der Waals surface area contributed by atoms with Gasteiger partial charge in [0.2, 0.25) is 0 Å². The molecule has 0 N–H and O–H groups in total. The summed E-state index contributed by atoms with van der Waals surface area (Å²) in [5.41, 5.74) is 12.9. The Morgan fingerprint density at radius 2 is 1.09 bits per heavy atom. The average molecular weight is 900 g/mol. The Bertz CT molecular complexity index is 2260. The minimum Gasteiger partial charge on any atom is -1.00 e. The smallest absolute Gasteiger partial charge is 1.00 e. The number of halogens is 4. The van der Waals surface area contributed by atoms with Gasteiger partial charge in [-0.15, -0.1) is 46.7 Å². The second kappa shape index (κ2) is 17.1. The Labute approximate surface area is 374 Å². The number of benzene rings is 4. The second-order valence-electron chi connectivity index (χ2n) is 18.6. The van der Waals surface area contributed by atoms with Gasteiger partial charge in [0, 0.05) is 10.8 Å². The van der Waals surface area contributed by atoms with Crippen molar-refractivity contribution in [1.82, 2.24) is 0 Å². The van der Waals surface area contributed by atoms with Crippen LogP contribution in [0.5, 0.6) is 0 Å². The second-order valence-corrected chi connectivity index (χ2v) is 20.7. The summed E-state index contributed by atoms with van der Waals surface area (Å²) in [6, 6.07) is 28.1. The van der Waals surface area contributed by atoms with Crippen molar-refractivity contribution in [3.05, 3.63) is 158 Å². The van der Waals surface area contributed by atoms with Crippen molar-refractivity contribution in [1.29, 1.82) is 0 Å². The first-order valence-corrected chi connectivity index (χ1v) is 21.1. The molecule has 1 atom stereocenters. The molecule has 0 aliphatic heterocycles. The molecule has 0 radical (unpaired) electrons. The summed E-state index contributed by atoms with van der Waals surface area (Å²) in [5.74, 6) is 0.556. The summed E-state index contributed by atoms with van der Waals surface area (Å²) in [7, 11) is 0. The van der Waals surface area contributed by atoms with Crippen molar-refractivity contribution in [2.24, 2.45) is 16.7 Å². The summed E-state index contributed by atoms with van der Waals surface area (Å²) >= 11 is 13.3. The van der Waals surface area contributed by atoms with E-state index in [1.165, 1.54) is 88.0 Å². The molecule has 0 spiro atoms. The van der Waals surface area contributed by atoms with Gasteiger partial charge in [0.15, 0.2) is 0 Å². The molecule has 56 heavy (non-hydrogen) atoms. The van der Waals surface area contributed by atoms with Gasteiger partial charge < -0.3 is 24.8 Å². The molecule has 3 aliphatic carbocycles. The summed E-state index contributed by atoms with van der Waals surface area (Å²) in [4.78, 5) is 0. The van der Waals surface area contributed by atoms with Gasteiger partial charge in [-0.1, -0.05) is 117 Å². The van der Waals surface area contributed by atoms with Crippen molar-refractivity contribution < 1.29 is 49.0 Å². The van der Waals surface area contributed by atoms with Crippen LogP contribution >= 0.6 is 23.2 Å². The van der Waals surface area contributed by atoms with Gasteiger partial charge in [-0.3, -0.25) is 6.08 Å². The van der Waals surface area contributed by atoms with Gasteiger partial charge in [0.05, 0.1) is 0 Å². The van der Waals surface area contributed by atoms with E-state index in [1.54, 1.807) is 0 Å². The van der Waals surface area contributed by atoms with Crippen LogP contribution < -0.4 is 24.8 Å². The predicted octanol–water partition coefficient (Wildman–Crippen LogP) is 9.21. The van der Waals surface area contributed by atoms with Crippen LogP contribution in [0, 0.1) is 22.8 Å². The third-order valence-electron chi connectivity index (χ3n) is 10.9. The van der Waals surface area contributed by atoms with Crippen molar-refractivity contribution in [3.63, 3.8) is 0 Å². The molecule has 5 heteroatoms. The molecule has 0 saturated heterocycles. The zero-order chi connectivity index (χ0) is 39.5. The zero-order valence-corrected chi connectivity index (χ0v) is 40.4. The molecule has 0 amide bonds. The van der Waals surface area contributed by atoms with Gasteiger partial charge in [0.25, 0.3) is 0 Å². The molecule has 1 unspecified atom stereocenters. The van der Waals surface area contributed by atoms with Gasteiger partial charge in [0.1, 0.15) is 0 Å². The van der Waals surface area contributed by atoms with Gasteiger partial charge in [-0.05, 0) is 33.1 Å². The fourth-order valence-corrected chi connectivity index (χ4v) is 9.24. The molecule has 5 aromatic rings. The molecule has 5 aromatic carbocycles. The maximum Gasteiger partial charge on any atom is -1.00 e. The number of rotatable bonds is 2.